The summed E-state index contributed by atoms with van der Waals surface area (Å²) in [5.41, 5.74) is 1.39. The second kappa shape index (κ2) is 4.44. The van der Waals surface area contributed by atoms with Gasteiger partial charge in [0.25, 0.3) is 0 Å². The Balaban J connectivity index is 3.16. The fourth-order valence-corrected chi connectivity index (χ4v) is 1.18. The molecule has 1 rings (SSSR count). The van der Waals surface area contributed by atoms with Gasteiger partial charge in [-0.3, -0.25) is 0 Å². The summed E-state index contributed by atoms with van der Waals surface area (Å²) in [6.45, 7) is 1.94. The van der Waals surface area contributed by atoms with Crippen molar-refractivity contribution in [2.45, 2.75) is 13.5 Å². The topological polar surface area (TPSA) is 58.9 Å². The average molecular weight is 193 g/mol. The molecule has 0 radical (unpaired) electrons. The number of hydrogen-bond acceptors (Lipinski definition) is 4. The largest absolute Gasteiger partial charge is 0.504 e. The van der Waals surface area contributed by atoms with Gasteiger partial charge in [0.05, 0.1) is 13.7 Å². The number of rotatable bonds is 3. The van der Waals surface area contributed by atoms with Crippen LogP contribution in [-0.2, 0) is 11.3 Å². The molecule has 0 aromatic heterocycles. The van der Waals surface area contributed by atoms with Crippen molar-refractivity contribution in [2.75, 3.05) is 7.11 Å². The summed E-state index contributed by atoms with van der Waals surface area (Å²) >= 11 is 0. The Bertz CT molecular complexity index is 381. The lowest BCUT2D eigenvalue weighted by atomic mass is 10.1. The van der Waals surface area contributed by atoms with Crippen LogP contribution in [0, 0.1) is 6.92 Å². The van der Waals surface area contributed by atoms with E-state index >= 15 is 0 Å². The minimum Gasteiger partial charge on any atom is -0.504 e. The van der Waals surface area contributed by atoms with E-state index in [0.29, 0.717) is 11.3 Å². The minimum absolute atomic E-state index is 0.0890. The average Bonchev–Trinajstić information content (AvgIpc) is 2.20. The summed E-state index contributed by atoms with van der Waals surface area (Å²) in [7, 11) is 1.46. The van der Waals surface area contributed by atoms with Crippen molar-refractivity contribution in [3.63, 3.8) is 0 Å². The molecule has 1 aromatic rings. The number of ether oxygens (including phenoxy) is 1. The number of isocyanates is 1. The van der Waals surface area contributed by atoms with Gasteiger partial charge in [0.15, 0.2) is 11.5 Å². The summed E-state index contributed by atoms with van der Waals surface area (Å²) in [4.78, 5) is 13.4. The van der Waals surface area contributed by atoms with Gasteiger partial charge in [0.1, 0.15) is 0 Å². The van der Waals surface area contributed by atoms with Crippen LogP contribution in [0.5, 0.6) is 11.5 Å². The molecule has 0 saturated heterocycles. The fraction of sp³-hybridized carbons (Fsp3) is 0.300. The second-order valence-corrected chi connectivity index (χ2v) is 2.83. The smallest absolute Gasteiger partial charge is 0.235 e. The molecule has 0 spiro atoms. The molecule has 4 heteroatoms. The normalized spacial score (nSPS) is 9.29. The Morgan fingerprint density at radius 2 is 2.29 bits per heavy atom. The van der Waals surface area contributed by atoms with Crippen LogP contribution in [0.25, 0.3) is 0 Å². The van der Waals surface area contributed by atoms with Gasteiger partial charge in [-0.2, -0.15) is 0 Å². The van der Waals surface area contributed by atoms with Crippen molar-refractivity contribution < 1.29 is 14.6 Å². The van der Waals surface area contributed by atoms with Crippen molar-refractivity contribution in [2.24, 2.45) is 4.99 Å². The van der Waals surface area contributed by atoms with E-state index in [4.69, 9.17) is 4.74 Å². The predicted molar refractivity (Wildman–Crippen MR) is 51.2 cm³/mol. The van der Waals surface area contributed by atoms with Crippen molar-refractivity contribution >= 4 is 6.08 Å². The molecule has 0 amide bonds. The summed E-state index contributed by atoms with van der Waals surface area (Å²) in [5, 5.41) is 9.61. The highest BCUT2D eigenvalue weighted by atomic mass is 16.5. The number of aryl methyl sites for hydroxylation is 1. The van der Waals surface area contributed by atoms with Crippen LogP contribution in [0.15, 0.2) is 17.1 Å². The van der Waals surface area contributed by atoms with E-state index in [1.165, 1.54) is 13.2 Å². The van der Waals surface area contributed by atoms with E-state index in [9.17, 15) is 9.90 Å². The molecule has 0 unspecified atom stereocenters. The Morgan fingerprint density at radius 3 is 2.86 bits per heavy atom. The number of carbonyl (C=O) groups excluding carboxylic acids is 1. The fourth-order valence-electron chi connectivity index (χ4n) is 1.18. The Morgan fingerprint density at radius 1 is 1.57 bits per heavy atom. The maximum Gasteiger partial charge on any atom is 0.235 e. The number of phenols is 1. The molecule has 0 bridgehead atoms. The van der Waals surface area contributed by atoms with Crippen LogP contribution >= 0.6 is 0 Å². The number of aliphatic imine (C=N–C) groups is 1. The van der Waals surface area contributed by atoms with Gasteiger partial charge < -0.3 is 9.84 Å². The summed E-state index contributed by atoms with van der Waals surface area (Å²) < 4.78 is 5.01. The first kappa shape index (κ1) is 10.3. The van der Waals surface area contributed by atoms with Crippen molar-refractivity contribution in [1.29, 1.82) is 0 Å². The molecule has 0 aliphatic rings. The zero-order valence-corrected chi connectivity index (χ0v) is 8.07. The molecular formula is C10H11NO3. The molecule has 0 aliphatic heterocycles. The maximum absolute atomic E-state index is 9.93. The highest BCUT2D eigenvalue weighted by Gasteiger charge is 2.09. The maximum atomic E-state index is 9.93. The molecule has 14 heavy (non-hydrogen) atoms. The van der Waals surface area contributed by atoms with Crippen LogP contribution in [-0.4, -0.2) is 18.3 Å². The number of benzene rings is 1. The molecule has 0 atom stereocenters. The quantitative estimate of drug-likeness (QED) is 0.585. The van der Waals surface area contributed by atoms with E-state index in [2.05, 4.69) is 4.99 Å². The van der Waals surface area contributed by atoms with Crippen LogP contribution in [0.3, 0.4) is 0 Å². The summed E-state index contributed by atoms with van der Waals surface area (Å²) in [6.07, 6.45) is 1.44. The van der Waals surface area contributed by atoms with E-state index in [1.54, 1.807) is 19.1 Å². The zero-order valence-electron chi connectivity index (χ0n) is 8.07. The van der Waals surface area contributed by atoms with Crippen molar-refractivity contribution in [3.05, 3.63) is 23.3 Å². The van der Waals surface area contributed by atoms with Gasteiger partial charge in [0.2, 0.25) is 6.08 Å². The molecule has 4 nitrogen and oxygen atoms in total. The van der Waals surface area contributed by atoms with Gasteiger partial charge >= 0.3 is 0 Å². The third-order valence-corrected chi connectivity index (χ3v) is 1.93. The zero-order chi connectivity index (χ0) is 10.6. The lowest BCUT2D eigenvalue weighted by Gasteiger charge is -2.09. The van der Waals surface area contributed by atoms with Crippen molar-refractivity contribution in [3.8, 4) is 11.5 Å². The Hall–Kier alpha value is -1.80. The van der Waals surface area contributed by atoms with Crippen molar-refractivity contribution in [1.82, 2.24) is 0 Å². The molecule has 1 aromatic carbocycles. The first-order valence-electron chi connectivity index (χ1n) is 4.09. The third-order valence-electron chi connectivity index (χ3n) is 1.93. The Labute approximate surface area is 81.9 Å². The monoisotopic (exact) mass is 193 g/mol. The van der Waals surface area contributed by atoms with Gasteiger partial charge in [-0.1, -0.05) is 12.1 Å². The molecule has 0 heterocycles. The van der Waals surface area contributed by atoms with Crippen LogP contribution in [0.2, 0.25) is 0 Å². The molecular weight excluding hydrogens is 182 g/mol. The predicted octanol–water partition coefficient (Wildman–Crippen LogP) is 1.55. The highest BCUT2D eigenvalue weighted by Crippen LogP contribution is 2.33. The number of aromatic hydroxyl groups is 1. The van der Waals surface area contributed by atoms with Crippen LogP contribution < -0.4 is 4.74 Å². The molecule has 74 valence electrons. The van der Waals surface area contributed by atoms with Crippen LogP contribution in [0.4, 0.5) is 0 Å². The molecule has 0 aliphatic carbocycles. The standard InChI is InChI=1S/C10H11NO3/c1-7-3-4-8(5-11-6-12)10(14-2)9(7)13/h3-4,13H,5H2,1-2H3. The van der Waals surface area contributed by atoms with Crippen LogP contribution in [0.1, 0.15) is 11.1 Å². The number of methoxy groups -OCH3 is 1. The SMILES string of the molecule is COc1c(CN=C=O)ccc(C)c1O. The molecule has 0 saturated carbocycles. The van der Waals surface area contributed by atoms with E-state index in [0.717, 1.165) is 5.56 Å². The minimum atomic E-state index is 0.0890. The van der Waals surface area contributed by atoms with E-state index in [1.807, 2.05) is 0 Å². The summed E-state index contributed by atoms with van der Waals surface area (Å²) in [6, 6.07) is 3.50. The first-order valence-corrected chi connectivity index (χ1v) is 4.09. The van der Waals surface area contributed by atoms with Gasteiger partial charge in [-0.05, 0) is 12.5 Å². The second-order valence-electron chi connectivity index (χ2n) is 2.83. The summed E-state index contributed by atoms with van der Waals surface area (Å²) in [5.74, 6) is 0.454. The van der Waals surface area contributed by atoms with Gasteiger partial charge in [0, 0.05) is 5.56 Å². The van der Waals surface area contributed by atoms with E-state index < -0.39 is 0 Å². The first-order chi connectivity index (χ1) is 6.70. The number of hydrogen-bond donors (Lipinski definition) is 1. The Kier molecular flexibility index (Phi) is 3.26. The molecule has 0 fully saturated rings. The van der Waals surface area contributed by atoms with Gasteiger partial charge in [-0.25, -0.2) is 9.79 Å². The lowest BCUT2D eigenvalue weighted by Crippen LogP contribution is -1.92. The highest BCUT2D eigenvalue weighted by molar-refractivity contribution is 5.51. The van der Waals surface area contributed by atoms with E-state index in [-0.39, 0.29) is 12.3 Å². The molecule has 1 N–H and O–H groups in total. The third kappa shape index (κ3) is 1.92. The lowest BCUT2D eigenvalue weighted by molar-refractivity contribution is 0.367. The number of phenolic OH excluding ortho intramolecular Hbond substituents is 1. The number of nitrogens with zero attached hydrogens (tertiary/aromatic N) is 1. The van der Waals surface area contributed by atoms with Gasteiger partial charge in [-0.15, -0.1) is 0 Å².